The van der Waals surface area contributed by atoms with Crippen LogP contribution in [0, 0.1) is 46.3 Å². The van der Waals surface area contributed by atoms with Crippen LogP contribution in [0.5, 0.6) is 0 Å². The largest absolute Gasteiger partial charge is 0.241 e. The number of rotatable bonds is 4. The molecule has 6 heteroatoms. The summed E-state index contributed by atoms with van der Waals surface area (Å²) in [5.74, 6) is -1.26. The molecule has 0 spiro atoms. The van der Waals surface area contributed by atoms with E-state index in [1.807, 2.05) is 20.8 Å². The van der Waals surface area contributed by atoms with E-state index in [0.29, 0.717) is 11.1 Å². The molecule has 0 heterocycles. The first kappa shape index (κ1) is 18.5. The lowest BCUT2D eigenvalue weighted by Gasteiger charge is -2.19. The van der Waals surface area contributed by atoms with Gasteiger partial charge in [-0.1, -0.05) is 0 Å². The molecule has 130 valence electrons. The maximum absolute atomic E-state index is 13.7. The van der Waals surface area contributed by atoms with E-state index in [4.69, 9.17) is 0 Å². The lowest BCUT2D eigenvalue weighted by atomic mass is 9.95. The molecule has 2 aromatic carbocycles. The van der Waals surface area contributed by atoms with Crippen LogP contribution in [0.15, 0.2) is 23.1 Å². The van der Waals surface area contributed by atoms with Crippen LogP contribution in [0.4, 0.5) is 8.78 Å². The van der Waals surface area contributed by atoms with Gasteiger partial charge in [0.05, 0.1) is 4.90 Å². The first-order chi connectivity index (χ1) is 11.1. The Morgan fingerprint density at radius 3 is 1.92 bits per heavy atom. The maximum atomic E-state index is 13.7. The van der Waals surface area contributed by atoms with Gasteiger partial charge in [0.2, 0.25) is 10.0 Å². The molecule has 24 heavy (non-hydrogen) atoms. The number of hydrogen-bond donors (Lipinski definition) is 1. The first-order valence-electron chi connectivity index (χ1n) is 7.56. The van der Waals surface area contributed by atoms with Gasteiger partial charge < -0.3 is 0 Å². The molecule has 0 bridgehead atoms. The molecule has 0 aliphatic rings. The van der Waals surface area contributed by atoms with Crippen molar-refractivity contribution in [2.24, 2.45) is 0 Å². The Bertz CT molecular complexity index is 877. The molecule has 0 atom stereocenters. The van der Waals surface area contributed by atoms with Crippen molar-refractivity contribution in [3.8, 4) is 0 Å². The molecule has 3 nitrogen and oxygen atoms in total. The highest BCUT2D eigenvalue weighted by atomic mass is 32.2. The standard InChI is InChI=1S/C18H21F2NO2S/c1-10-11(2)13(4)18(14(5)12(10)3)24(22,23)21-9-15-8-16(19)6-7-17(15)20/h6-8,21H,9H2,1-5H3. The Balaban J connectivity index is 2.44. The van der Waals surface area contributed by atoms with Gasteiger partial charge in [-0.15, -0.1) is 0 Å². The summed E-state index contributed by atoms with van der Waals surface area (Å²) in [5, 5.41) is 0. The van der Waals surface area contributed by atoms with Crippen molar-refractivity contribution in [1.29, 1.82) is 0 Å². The Morgan fingerprint density at radius 1 is 0.875 bits per heavy atom. The average molecular weight is 353 g/mol. The van der Waals surface area contributed by atoms with Crippen LogP contribution >= 0.6 is 0 Å². The van der Waals surface area contributed by atoms with Crippen molar-refractivity contribution < 1.29 is 17.2 Å². The summed E-state index contributed by atoms with van der Waals surface area (Å²) >= 11 is 0. The minimum absolute atomic E-state index is 0.0329. The number of sulfonamides is 1. The molecular formula is C18H21F2NO2S. The summed E-state index contributed by atoms with van der Waals surface area (Å²) in [5.41, 5.74) is 4.19. The van der Waals surface area contributed by atoms with Gasteiger partial charge in [-0.05, 0) is 80.6 Å². The summed E-state index contributed by atoms with van der Waals surface area (Å²) < 4.78 is 54.8. The molecule has 0 aliphatic heterocycles. The number of benzene rings is 2. The quantitative estimate of drug-likeness (QED) is 0.903. The van der Waals surface area contributed by atoms with Gasteiger partial charge in [-0.25, -0.2) is 21.9 Å². The molecule has 0 saturated carbocycles. The molecule has 0 saturated heterocycles. The van der Waals surface area contributed by atoms with Gasteiger partial charge in [0.15, 0.2) is 0 Å². The van der Waals surface area contributed by atoms with Crippen LogP contribution in [-0.2, 0) is 16.6 Å². The van der Waals surface area contributed by atoms with Crippen LogP contribution in [-0.4, -0.2) is 8.42 Å². The molecule has 0 fully saturated rings. The van der Waals surface area contributed by atoms with E-state index in [2.05, 4.69) is 4.72 Å². The third-order valence-electron chi connectivity index (χ3n) is 4.66. The molecule has 0 radical (unpaired) electrons. The van der Waals surface area contributed by atoms with Gasteiger partial charge in [0, 0.05) is 12.1 Å². The van der Waals surface area contributed by atoms with Crippen molar-refractivity contribution in [3.63, 3.8) is 0 Å². The summed E-state index contributed by atoms with van der Waals surface area (Å²) in [6.07, 6.45) is 0. The lowest BCUT2D eigenvalue weighted by molar-refractivity contribution is 0.566. The molecule has 2 rings (SSSR count). The normalized spacial score (nSPS) is 11.8. The molecule has 0 amide bonds. The summed E-state index contributed by atoms with van der Waals surface area (Å²) in [7, 11) is -3.85. The van der Waals surface area contributed by atoms with Gasteiger partial charge in [0.25, 0.3) is 0 Å². The van der Waals surface area contributed by atoms with Gasteiger partial charge in [-0.3, -0.25) is 0 Å². The molecule has 0 aliphatic carbocycles. The van der Waals surface area contributed by atoms with Crippen molar-refractivity contribution in [2.45, 2.75) is 46.1 Å². The van der Waals surface area contributed by atoms with Crippen molar-refractivity contribution in [2.75, 3.05) is 0 Å². The fourth-order valence-corrected chi connectivity index (χ4v) is 4.39. The van der Waals surface area contributed by atoms with Crippen LogP contribution in [0.25, 0.3) is 0 Å². The van der Waals surface area contributed by atoms with Crippen molar-refractivity contribution in [1.82, 2.24) is 4.72 Å². The van der Waals surface area contributed by atoms with Crippen LogP contribution < -0.4 is 4.72 Å². The van der Waals surface area contributed by atoms with Gasteiger partial charge >= 0.3 is 0 Å². The lowest BCUT2D eigenvalue weighted by Crippen LogP contribution is -2.26. The Labute approximate surface area is 141 Å². The minimum atomic E-state index is -3.85. The highest BCUT2D eigenvalue weighted by Crippen LogP contribution is 2.29. The molecule has 2 aromatic rings. The summed E-state index contributed by atoms with van der Waals surface area (Å²) in [6, 6.07) is 2.97. The van der Waals surface area contributed by atoms with E-state index in [1.54, 1.807) is 13.8 Å². The van der Waals surface area contributed by atoms with E-state index < -0.39 is 21.7 Å². The first-order valence-corrected chi connectivity index (χ1v) is 9.05. The second-order valence-corrected chi connectivity index (χ2v) is 7.72. The highest BCUT2D eigenvalue weighted by molar-refractivity contribution is 7.89. The van der Waals surface area contributed by atoms with E-state index >= 15 is 0 Å². The Kier molecular flexibility index (Phi) is 5.11. The maximum Gasteiger partial charge on any atom is 0.241 e. The topological polar surface area (TPSA) is 46.2 Å². The third-order valence-corrected chi connectivity index (χ3v) is 6.33. The van der Waals surface area contributed by atoms with Crippen molar-refractivity contribution >= 4 is 10.0 Å². The predicted octanol–water partition coefficient (Wildman–Crippen LogP) is 3.99. The monoisotopic (exact) mass is 353 g/mol. The summed E-state index contributed by atoms with van der Waals surface area (Å²) in [6.45, 7) is 8.91. The zero-order valence-corrected chi connectivity index (χ0v) is 15.2. The summed E-state index contributed by atoms with van der Waals surface area (Å²) in [4.78, 5) is 0.208. The molecular weight excluding hydrogens is 332 g/mol. The third kappa shape index (κ3) is 3.35. The van der Waals surface area contributed by atoms with Crippen molar-refractivity contribution in [3.05, 3.63) is 63.2 Å². The van der Waals surface area contributed by atoms with Gasteiger partial charge in [-0.2, -0.15) is 0 Å². The van der Waals surface area contributed by atoms with E-state index in [0.717, 1.165) is 34.9 Å². The zero-order valence-electron chi connectivity index (χ0n) is 14.4. The van der Waals surface area contributed by atoms with Crippen LogP contribution in [0.2, 0.25) is 0 Å². The second-order valence-electron chi connectivity index (χ2n) is 6.01. The fourth-order valence-electron chi connectivity index (χ4n) is 2.79. The molecule has 0 unspecified atom stereocenters. The zero-order chi connectivity index (χ0) is 18.2. The SMILES string of the molecule is Cc1c(C)c(C)c(S(=O)(=O)NCc2cc(F)ccc2F)c(C)c1C. The minimum Gasteiger partial charge on any atom is -0.207 e. The van der Waals surface area contributed by atoms with E-state index in [9.17, 15) is 17.2 Å². The number of hydrogen-bond acceptors (Lipinski definition) is 2. The van der Waals surface area contributed by atoms with Crippen LogP contribution in [0.3, 0.4) is 0 Å². The van der Waals surface area contributed by atoms with E-state index in [1.165, 1.54) is 0 Å². The highest BCUT2D eigenvalue weighted by Gasteiger charge is 2.23. The van der Waals surface area contributed by atoms with Crippen LogP contribution in [0.1, 0.15) is 33.4 Å². The second kappa shape index (κ2) is 6.61. The Hall–Kier alpha value is -1.79. The van der Waals surface area contributed by atoms with Gasteiger partial charge in [0.1, 0.15) is 11.6 Å². The van der Waals surface area contributed by atoms with E-state index in [-0.39, 0.29) is 17.0 Å². The predicted molar refractivity (Wildman–Crippen MR) is 90.5 cm³/mol. The number of nitrogens with one attached hydrogen (secondary N) is 1. The number of halogens is 2. The Morgan fingerprint density at radius 2 is 1.38 bits per heavy atom. The molecule has 1 N–H and O–H groups in total. The average Bonchev–Trinajstić information content (AvgIpc) is 2.52. The fraction of sp³-hybridized carbons (Fsp3) is 0.333. The molecule has 0 aromatic heterocycles. The smallest absolute Gasteiger partial charge is 0.207 e.